The number of thiazole rings is 1. The summed E-state index contributed by atoms with van der Waals surface area (Å²) in [5.74, 6) is -1.54. The van der Waals surface area contributed by atoms with Crippen molar-refractivity contribution in [3.05, 3.63) is 16.6 Å². The third-order valence-electron chi connectivity index (χ3n) is 1.54. The van der Waals surface area contributed by atoms with Crippen LogP contribution in [0, 0.1) is 0 Å². The average molecular weight is 250 g/mol. The van der Waals surface area contributed by atoms with E-state index in [-0.39, 0.29) is 6.54 Å². The van der Waals surface area contributed by atoms with Crippen LogP contribution in [0.1, 0.15) is 12.1 Å². The lowest BCUT2D eigenvalue weighted by Crippen LogP contribution is -2.27. The summed E-state index contributed by atoms with van der Waals surface area (Å²) < 4.78 is 24.7. The number of hydrogen-bond donors (Lipinski definition) is 2. The van der Waals surface area contributed by atoms with Crippen LogP contribution in [0.25, 0.3) is 0 Å². The molecular weight excluding hydrogens is 240 g/mol. The zero-order valence-electron chi connectivity index (χ0n) is 7.71. The number of aliphatic carboxylic acids is 1. The molecule has 0 radical (unpaired) electrons. The number of nitrogens with zero attached hydrogens (tertiary/aromatic N) is 1. The highest BCUT2D eigenvalue weighted by Crippen LogP contribution is 2.01. The van der Waals surface area contributed by atoms with Gasteiger partial charge in [-0.1, -0.05) is 0 Å². The van der Waals surface area contributed by atoms with Crippen molar-refractivity contribution in [1.29, 1.82) is 0 Å². The van der Waals surface area contributed by atoms with Crippen LogP contribution >= 0.6 is 11.3 Å². The van der Waals surface area contributed by atoms with E-state index in [0.717, 1.165) is 0 Å². The molecular formula is C7H10N2O4S2. The van der Waals surface area contributed by atoms with Crippen LogP contribution in [0.5, 0.6) is 0 Å². The Hall–Kier alpha value is -0.990. The Bertz CT molecular complexity index is 412. The van der Waals surface area contributed by atoms with Gasteiger partial charge in [0.1, 0.15) is 0 Å². The maximum atomic E-state index is 11.2. The fourth-order valence-corrected chi connectivity index (χ4v) is 2.32. The lowest BCUT2D eigenvalue weighted by Gasteiger charge is -2.02. The minimum Gasteiger partial charge on any atom is -0.481 e. The molecule has 1 aromatic rings. The van der Waals surface area contributed by atoms with Gasteiger partial charge in [-0.3, -0.25) is 4.79 Å². The SMILES string of the molecule is O=C(O)CCS(=O)(=O)NCc1cscn1. The summed E-state index contributed by atoms with van der Waals surface area (Å²) >= 11 is 1.37. The summed E-state index contributed by atoms with van der Waals surface area (Å²) in [6.45, 7) is 0.103. The fraction of sp³-hybridized carbons (Fsp3) is 0.429. The van der Waals surface area contributed by atoms with E-state index in [1.807, 2.05) is 0 Å². The maximum Gasteiger partial charge on any atom is 0.304 e. The molecule has 0 aromatic carbocycles. The summed E-state index contributed by atoms with van der Waals surface area (Å²) in [5.41, 5.74) is 2.22. The standard InChI is InChI=1S/C7H10N2O4S2/c10-7(11)1-2-15(12,13)9-3-6-4-14-5-8-6/h4-5,9H,1-3H2,(H,10,11). The van der Waals surface area contributed by atoms with E-state index in [4.69, 9.17) is 5.11 Å². The van der Waals surface area contributed by atoms with Crippen molar-refractivity contribution in [1.82, 2.24) is 9.71 Å². The van der Waals surface area contributed by atoms with Crippen molar-refractivity contribution in [2.75, 3.05) is 5.75 Å². The Morgan fingerprint density at radius 2 is 2.33 bits per heavy atom. The van der Waals surface area contributed by atoms with Crippen LogP contribution in [0.2, 0.25) is 0 Å². The predicted molar refractivity (Wildman–Crippen MR) is 55.0 cm³/mol. The number of sulfonamides is 1. The zero-order chi connectivity index (χ0) is 11.3. The number of rotatable bonds is 6. The second-order valence-corrected chi connectivity index (χ2v) is 5.41. The molecule has 1 heterocycles. The molecule has 84 valence electrons. The maximum absolute atomic E-state index is 11.2. The smallest absolute Gasteiger partial charge is 0.304 e. The van der Waals surface area contributed by atoms with Gasteiger partial charge in [-0.25, -0.2) is 18.1 Å². The van der Waals surface area contributed by atoms with Crippen LogP contribution in [-0.4, -0.2) is 30.2 Å². The monoisotopic (exact) mass is 250 g/mol. The molecule has 6 nitrogen and oxygen atoms in total. The first kappa shape index (κ1) is 12.1. The number of carboxylic acids is 1. The lowest BCUT2D eigenvalue weighted by atomic mass is 10.5. The summed E-state index contributed by atoms with van der Waals surface area (Å²) in [5, 5.41) is 10.0. The topological polar surface area (TPSA) is 96.4 Å². The second-order valence-electron chi connectivity index (χ2n) is 2.76. The molecule has 1 aromatic heterocycles. The van der Waals surface area contributed by atoms with Crippen LogP contribution in [0.3, 0.4) is 0 Å². The molecule has 0 aliphatic carbocycles. The Labute approximate surface area is 91.0 Å². The van der Waals surface area contributed by atoms with Crippen molar-refractivity contribution in [3.63, 3.8) is 0 Å². The van der Waals surface area contributed by atoms with Crippen molar-refractivity contribution >= 4 is 27.3 Å². The average Bonchev–Trinajstić information content (AvgIpc) is 2.65. The Morgan fingerprint density at radius 3 is 2.87 bits per heavy atom. The first-order chi connectivity index (χ1) is 6.99. The lowest BCUT2D eigenvalue weighted by molar-refractivity contribution is -0.136. The Kier molecular flexibility index (Phi) is 4.18. The van der Waals surface area contributed by atoms with Crippen LogP contribution in [0.4, 0.5) is 0 Å². The quantitative estimate of drug-likeness (QED) is 0.743. The van der Waals surface area contributed by atoms with E-state index in [2.05, 4.69) is 9.71 Å². The van der Waals surface area contributed by atoms with Gasteiger partial charge < -0.3 is 5.11 Å². The number of hydrogen-bond acceptors (Lipinski definition) is 5. The normalized spacial score (nSPS) is 11.5. The third-order valence-corrected chi connectivity index (χ3v) is 3.50. The summed E-state index contributed by atoms with van der Waals surface area (Å²) in [4.78, 5) is 14.1. The molecule has 0 aliphatic rings. The number of nitrogens with one attached hydrogen (secondary N) is 1. The van der Waals surface area contributed by atoms with Crippen LogP contribution in [-0.2, 0) is 21.4 Å². The molecule has 1 rings (SSSR count). The molecule has 0 spiro atoms. The van der Waals surface area contributed by atoms with Crippen molar-refractivity contribution < 1.29 is 18.3 Å². The van der Waals surface area contributed by atoms with Crippen molar-refractivity contribution in [2.45, 2.75) is 13.0 Å². The van der Waals surface area contributed by atoms with Crippen molar-refractivity contribution in [2.24, 2.45) is 0 Å². The van der Waals surface area contributed by atoms with Crippen LogP contribution in [0.15, 0.2) is 10.9 Å². The van der Waals surface area contributed by atoms with Gasteiger partial charge in [-0.2, -0.15) is 0 Å². The Balaban J connectivity index is 2.40. The third kappa shape index (κ3) is 4.86. The number of aromatic nitrogens is 1. The molecule has 0 atom stereocenters. The highest BCUT2D eigenvalue weighted by molar-refractivity contribution is 7.89. The second kappa shape index (κ2) is 5.19. The highest BCUT2D eigenvalue weighted by Gasteiger charge is 2.12. The van der Waals surface area contributed by atoms with Crippen molar-refractivity contribution in [3.8, 4) is 0 Å². The van der Waals surface area contributed by atoms with E-state index >= 15 is 0 Å². The zero-order valence-corrected chi connectivity index (χ0v) is 9.34. The van der Waals surface area contributed by atoms with E-state index in [1.54, 1.807) is 10.9 Å². The molecule has 0 saturated heterocycles. The van der Waals surface area contributed by atoms with E-state index in [0.29, 0.717) is 5.69 Å². The fourth-order valence-electron chi connectivity index (χ4n) is 0.803. The summed E-state index contributed by atoms with van der Waals surface area (Å²) in [6.07, 6.45) is -0.396. The molecule has 0 bridgehead atoms. The van der Waals surface area contributed by atoms with Gasteiger partial charge in [0.15, 0.2) is 0 Å². The minimum atomic E-state index is -3.52. The highest BCUT2D eigenvalue weighted by atomic mass is 32.2. The summed E-state index contributed by atoms with van der Waals surface area (Å²) in [7, 11) is -3.52. The largest absolute Gasteiger partial charge is 0.481 e. The van der Waals surface area contributed by atoms with Gasteiger partial charge >= 0.3 is 5.97 Å². The molecule has 2 N–H and O–H groups in total. The van der Waals surface area contributed by atoms with Gasteiger partial charge in [0, 0.05) is 5.38 Å². The van der Waals surface area contributed by atoms with Gasteiger partial charge in [-0.15, -0.1) is 11.3 Å². The van der Waals surface area contributed by atoms with E-state index in [9.17, 15) is 13.2 Å². The molecule has 0 fully saturated rings. The van der Waals surface area contributed by atoms with E-state index in [1.165, 1.54) is 11.3 Å². The van der Waals surface area contributed by atoms with Gasteiger partial charge in [0.05, 0.1) is 29.9 Å². The minimum absolute atomic E-state index is 0.103. The van der Waals surface area contributed by atoms with Gasteiger partial charge in [-0.05, 0) is 0 Å². The molecule has 0 amide bonds. The molecule has 0 saturated carbocycles. The molecule has 0 aliphatic heterocycles. The van der Waals surface area contributed by atoms with E-state index < -0.39 is 28.2 Å². The number of carboxylic acid groups (broad SMARTS) is 1. The van der Waals surface area contributed by atoms with Gasteiger partial charge in [0.2, 0.25) is 10.0 Å². The summed E-state index contributed by atoms with van der Waals surface area (Å²) in [6, 6.07) is 0. The molecule has 0 unspecified atom stereocenters. The Morgan fingerprint density at radius 1 is 1.60 bits per heavy atom. The molecule has 15 heavy (non-hydrogen) atoms. The van der Waals surface area contributed by atoms with Gasteiger partial charge in [0.25, 0.3) is 0 Å². The predicted octanol–water partition coefficient (Wildman–Crippen LogP) is 0.0372. The first-order valence-electron chi connectivity index (χ1n) is 4.06. The molecule has 8 heteroatoms. The van der Waals surface area contributed by atoms with Crippen LogP contribution < -0.4 is 4.72 Å². The number of carbonyl (C=O) groups is 1. The first-order valence-corrected chi connectivity index (χ1v) is 6.65.